The molecule has 19 heavy (non-hydrogen) atoms. The van der Waals surface area contributed by atoms with Gasteiger partial charge in [0.15, 0.2) is 0 Å². The largest absolute Gasteiger partial charge is 0.396 e. The van der Waals surface area contributed by atoms with E-state index >= 15 is 0 Å². The number of aliphatic hydroxyl groups is 1. The van der Waals surface area contributed by atoms with Crippen LogP contribution >= 0.6 is 0 Å². The predicted octanol–water partition coefficient (Wildman–Crippen LogP) is 2.45. The summed E-state index contributed by atoms with van der Waals surface area (Å²) in [5.74, 6) is 0. The van der Waals surface area contributed by atoms with E-state index in [0.29, 0.717) is 6.42 Å². The summed E-state index contributed by atoms with van der Waals surface area (Å²) in [6.07, 6.45) is 3.32. The monoisotopic (exact) mass is 261 g/mol. The van der Waals surface area contributed by atoms with Crippen LogP contribution in [-0.4, -0.2) is 28.8 Å². The van der Waals surface area contributed by atoms with Gasteiger partial charge in [0.2, 0.25) is 0 Å². The molecule has 0 radical (unpaired) electrons. The van der Waals surface area contributed by atoms with Crippen LogP contribution in [0.4, 0.5) is 10.5 Å². The average Bonchev–Trinajstić information content (AvgIpc) is 2.83. The number of nitrogens with one attached hydrogen (secondary N) is 3. The third kappa shape index (κ3) is 3.72. The summed E-state index contributed by atoms with van der Waals surface area (Å²) in [5.41, 5.74) is 1.81. The maximum absolute atomic E-state index is 11.8. The number of benzene rings is 1. The minimum absolute atomic E-state index is 0.0446. The lowest BCUT2D eigenvalue weighted by atomic mass is 10.2. The number of aromatic amines is 1. The molecule has 0 aliphatic heterocycles. The number of carbonyl (C=O) groups excluding carboxylic acids is 1. The summed E-state index contributed by atoms with van der Waals surface area (Å²) in [7, 11) is 0. The molecule has 2 aromatic rings. The summed E-state index contributed by atoms with van der Waals surface area (Å²) in [6, 6.07) is 7.49. The van der Waals surface area contributed by atoms with Crippen LogP contribution in [0.3, 0.4) is 0 Å². The fourth-order valence-corrected chi connectivity index (χ4v) is 1.99. The van der Waals surface area contributed by atoms with Gasteiger partial charge < -0.3 is 20.7 Å². The fourth-order valence-electron chi connectivity index (χ4n) is 1.99. The van der Waals surface area contributed by atoms with Gasteiger partial charge in [0.05, 0.1) is 0 Å². The zero-order chi connectivity index (χ0) is 13.7. The third-order valence-corrected chi connectivity index (χ3v) is 2.98. The zero-order valence-electron chi connectivity index (χ0n) is 10.9. The second kappa shape index (κ2) is 6.24. The maximum atomic E-state index is 11.8. The highest BCUT2D eigenvalue weighted by molar-refractivity contribution is 5.92. The molecule has 0 saturated heterocycles. The van der Waals surface area contributed by atoms with Gasteiger partial charge in [-0.05, 0) is 44.0 Å². The molecule has 102 valence electrons. The third-order valence-electron chi connectivity index (χ3n) is 2.98. The van der Waals surface area contributed by atoms with Crippen LogP contribution < -0.4 is 10.6 Å². The average molecular weight is 261 g/mol. The van der Waals surface area contributed by atoms with E-state index in [2.05, 4.69) is 15.6 Å². The molecule has 0 saturated carbocycles. The fraction of sp³-hybridized carbons (Fsp3) is 0.357. The Balaban J connectivity index is 1.90. The number of aliphatic hydroxyl groups excluding tert-OH is 1. The van der Waals surface area contributed by atoms with Gasteiger partial charge in [0, 0.05) is 35.4 Å². The van der Waals surface area contributed by atoms with E-state index in [0.717, 1.165) is 23.0 Å². The Bertz CT molecular complexity index is 550. The first kappa shape index (κ1) is 13.4. The minimum atomic E-state index is -0.222. The van der Waals surface area contributed by atoms with Gasteiger partial charge in [0.25, 0.3) is 0 Å². The summed E-state index contributed by atoms with van der Waals surface area (Å²) >= 11 is 0. The van der Waals surface area contributed by atoms with Gasteiger partial charge in [-0.1, -0.05) is 0 Å². The highest BCUT2D eigenvalue weighted by Gasteiger charge is 2.07. The number of hydrogen-bond donors (Lipinski definition) is 4. The van der Waals surface area contributed by atoms with Crippen molar-refractivity contribution in [1.82, 2.24) is 10.3 Å². The van der Waals surface area contributed by atoms with Crippen molar-refractivity contribution in [2.45, 2.75) is 25.8 Å². The Kier molecular flexibility index (Phi) is 4.41. The molecule has 2 amide bonds. The van der Waals surface area contributed by atoms with E-state index in [1.165, 1.54) is 0 Å². The number of urea groups is 1. The van der Waals surface area contributed by atoms with Gasteiger partial charge in [-0.25, -0.2) is 4.79 Å². The highest BCUT2D eigenvalue weighted by atomic mass is 16.3. The van der Waals surface area contributed by atoms with Crippen LogP contribution in [0.25, 0.3) is 10.9 Å². The number of rotatable bonds is 5. The molecule has 5 nitrogen and oxygen atoms in total. The first-order valence-electron chi connectivity index (χ1n) is 6.44. The SMILES string of the molecule is CC(CCCO)NC(=O)Nc1ccc2[nH]ccc2c1. The lowest BCUT2D eigenvalue weighted by Gasteiger charge is -2.14. The first-order chi connectivity index (χ1) is 9.19. The quantitative estimate of drug-likeness (QED) is 0.667. The van der Waals surface area contributed by atoms with Crippen LogP contribution in [0.2, 0.25) is 0 Å². The van der Waals surface area contributed by atoms with Crippen LogP contribution in [0.15, 0.2) is 30.5 Å². The van der Waals surface area contributed by atoms with E-state index in [-0.39, 0.29) is 18.7 Å². The van der Waals surface area contributed by atoms with Crippen molar-refractivity contribution in [3.63, 3.8) is 0 Å². The number of aromatic nitrogens is 1. The van der Waals surface area contributed by atoms with Gasteiger partial charge in [0.1, 0.15) is 0 Å². The van der Waals surface area contributed by atoms with Crippen LogP contribution in [0, 0.1) is 0 Å². The molecule has 2 rings (SSSR count). The molecule has 1 unspecified atom stereocenters. The lowest BCUT2D eigenvalue weighted by molar-refractivity contribution is 0.245. The summed E-state index contributed by atoms with van der Waals surface area (Å²) in [4.78, 5) is 14.9. The summed E-state index contributed by atoms with van der Waals surface area (Å²) in [5, 5.41) is 15.4. The summed E-state index contributed by atoms with van der Waals surface area (Å²) < 4.78 is 0. The molecule has 0 bridgehead atoms. The normalized spacial score (nSPS) is 12.3. The molecule has 1 aromatic heterocycles. The molecule has 0 aliphatic rings. The Morgan fingerprint density at radius 2 is 2.26 bits per heavy atom. The summed E-state index contributed by atoms with van der Waals surface area (Å²) in [6.45, 7) is 2.07. The lowest BCUT2D eigenvalue weighted by Crippen LogP contribution is -2.36. The van der Waals surface area contributed by atoms with Crippen LogP contribution in [0.1, 0.15) is 19.8 Å². The number of hydrogen-bond acceptors (Lipinski definition) is 2. The van der Waals surface area contributed by atoms with E-state index in [1.54, 1.807) is 0 Å². The number of carbonyl (C=O) groups is 1. The Hall–Kier alpha value is -2.01. The van der Waals surface area contributed by atoms with Crippen molar-refractivity contribution in [2.75, 3.05) is 11.9 Å². The van der Waals surface area contributed by atoms with Crippen molar-refractivity contribution in [1.29, 1.82) is 0 Å². The number of fused-ring (bicyclic) bond motifs is 1. The van der Waals surface area contributed by atoms with Gasteiger partial charge in [-0.3, -0.25) is 0 Å². The molecule has 1 atom stereocenters. The second-order valence-electron chi connectivity index (χ2n) is 4.65. The molecule has 4 N–H and O–H groups in total. The van der Waals surface area contributed by atoms with Gasteiger partial charge in [-0.15, -0.1) is 0 Å². The van der Waals surface area contributed by atoms with Crippen LogP contribution in [0.5, 0.6) is 0 Å². The first-order valence-corrected chi connectivity index (χ1v) is 6.44. The number of anilines is 1. The number of H-pyrrole nitrogens is 1. The highest BCUT2D eigenvalue weighted by Crippen LogP contribution is 2.17. The molecule has 5 heteroatoms. The predicted molar refractivity (Wildman–Crippen MR) is 76.2 cm³/mol. The van der Waals surface area contributed by atoms with Crippen molar-refractivity contribution in [3.05, 3.63) is 30.5 Å². The van der Waals surface area contributed by atoms with Crippen molar-refractivity contribution < 1.29 is 9.90 Å². The van der Waals surface area contributed by atoms with Crippen molar-refractivity contribution >= 4 is 22.6 Å². The topological polar surface area (TPSA) is 77.2 Å². The zero-order valence-corrected chi connectivity index (χ0v) is 10.9. The molecule has 0 spiro atoms. The van der Waals surface area contributed by atoms with E-state index < -0.39 is 0 Å². The van der Waals surface area contributed by atoms with Gasteiger partial charge in [-0.2, -0.15) is 0 Å². The smallest absolute Gasteiger partial charge is 0.319 e. The van der Waals surface area contributed by atoms with Crippen LogP contribution in [-0.2, 0) is 0 Å². The van der Waals surface area contributed by atoms with E-state index in [9.17, 15) is 4.79 Å². The molecular weight excluding hydrogens is 242 g/mol. The molecule has 0 fully saturated rings. The molecule has 1 heterocycles. The Morgan fingerprint density at radius 3 is 3.05 bits per heavy atom. The van der Waals surface area contributed by atoms with E-state index in [1.807, 2.05) is 37.4 Å². The maximum Gasteiger partial charge on any atom is 0.319 e. The Labute approximate surface area is 112 Å². The Morgan fingerprint density at radius 1 is 1.42 bits per heavy atom. The van der Waals surface area contributed by atoms with Crippen molar-refractivity contribution in [3.8, 4) is 0 Å². The standard InChI is InChI=1S/C14H19N3O2/c1-10(3-2-8-18)16-14(19)17-12-4-5-13-11(9-12)6-7-15-13/h4-7,9-10,15,18H,2-3,8H2,1H3,(H2,16,17,19). The number of amides is 2. The van der Waals surface area contributed by atoms with E-state index in [4.69, 9.17) is 5.11 Å². The molecule has 0 aliphatic carbocycles. The van der Waals surface area contributed by atoms with Crippen molar-refractivity contribution in [2.24, 2.45) is 0 Å². The molecular formula is C14H19N3O2. The van der Waals surface area contributed by atoms with Gasteiger partial charge >= 0.3 is 6.03 Å². The molecule has 1 aromatic carbocycles. The minimum Gasteiger partial charge on any atom is -0.396 e. The second-order valence-corrected chi connectivity index (χ2v) is 4.65.